The van der Waals surface area contributed by atoms with Gasteiger partial charge < -0.3 is 14.8 Å². The molecule has 7 nitrogen and oxygen atoms in total. The summed E-state index contributed by atoms with van der Waals surface area (Å²) in [6.45, 7) is -0.198. The molecule has 0 aliphatic carbocycles. The molecule has 0 spiro atoms. The van der Waals surface area contributed by atoms with E-state index in [4.69, 9.17) is 9.47 Å². The number of methoxy groups -OCH3 is 2. The smallest absolute Gasteiger partial charge is 0.259 e. The van der Waals surface area contributed by atoms with Crippen LogP contribution in [0.25, 0.3) is 0 Å². The van der Waals surface area contributed by atoms with Crippen molar-refractivity contribution in [3.63, 3.8) is 0 Å². The highest BCUT2D eigenvalue weighted by Gasteiger charge is 2.11. The van der Waals surface area contributed by atoms with Gasteiger partial charge in [-0.05, 0) is 42.2 Å². The second-order valence-corrected chi connectivity index (χ2v) is 6.20. The number of ether oxygens (including phenoxy) is 2. The van der Waals surface area contributed by atoms with E-state index in [9.17, 15) is 9.59 Å². The molecule has 0 saturated heterocycles. The molecule has 0 fully saturated rings. The fourth-order valence-electron chi connectivity index (χ4n) is 2.15. The highest BCUT2D eigenvalue weighted by atomic mass is 32.2. The lowest BCUT2D eigenvalue weighted by molar-refractivity contribution is -0.120. The highest BCUT2D eigenvalue weighted by molar-refractivity contribution is 7.98. The number of nitrogens with one attached hydrogen (secondary N) is 2. The van der Waals surface area contributed by atoms with E-state index in [0.717, 1.165) is 10.5 Å². The third-order valence-corrected chi connectivity index (χ3v) is 4.32. The van der Waals surface area contributed by atoms with Crippen LogP contribution in [0.15, 0.2) is 52.5 Å². The Labute approximate surface area is 162 Å². The van der Waals surface area contributed by atoms with Gasteiger partial charge in [-0.2, -0.15) is 5.10 Å². The van der Waals surface area contributed by atoms with Crippen LogP contribution < -0.4 is 20.2 Å². The molecule has 2 aromatic carbocycles. The zero-order valence-electron chi connectivity index (χ0n) is 15.3. The van der Waals surface area contributed by atoms with Gasteiger partial charge in [-0.25, -0.2) is 5.43 Å². The van der Waals surface area contributed by atoms with E-state index >= 15 is 0 Å². The molecule has 2 amide bonds. The van der Waals surface area contributed by atoms with Crippen LogP contribution in [0, 0.1) is 0 Å². The molecule has 2 N–H and O–H groups in total. The van der Waals surface area contributed by atoms with Crippen molar-refractivity contribution in [2.75, 3.05) is 27.0 Å². The second kappa shape index (κ2) is 10.2. The first-order valence-corrected chi connectivity index (χ1v) is 9.26. The van der Waals surface area contributed by atoms with Crippen molar-refractivity contribution in [2.45, 2.75) is 4.90 Å². The molecule has 142 valence electrons. The Hall–Kier alpha value is -3.00. The Bertz CT molecular complexity index is 822. The number of hydrazone groups is 1. The van der Waals surface area contributed by atoms with Crippen molar-refractivity contribution in [3.8, 4) is 11.5 Å². The molecule has 27 heavy (non-hydrogen) atoms. The number of nitrogens with zero attached hydrogens (tertiary/aromatic N) is 1. The number of thioether (sulfide) groups is 1. The summed E-state index contributed by atoms with van der Waals surface area (Å²) in [5, 5.41) is 6.41. The Kier molecular flexibility index (Phi) is 7.69. The first-order valence-electron chi connectivity index (χ1n) is 8.03. The van der Waals surface area contributed by atoms with E-state index in [1.54, 1.807) is 30.0 Å². The molecule has 0 saturated carbocycles. The topological polar surface area (TPSA) is 89.0 Å². The van der Waals surface area contributed by atoms with Gasteiger partial charge in [0.25, 0.3) is 11.8 Å². The van der Waals surface area contributed by atoms with E-state index < -0.39 is 11.8 Å². The van der Waals surface area contributed by atoms with Crippen LogP contribution in [-0.2, 0) is 4.79 Å². The zero-order chi connectivity index (χ0) is 19.6. The predicted molar refractivity (Wildman–Crippen MR) is 106 cm³/mol. The van der Waals surface area contributed by atoms with Crippen molar-refractivity contribution >= 4 is 29.8 Å². The molecule has 2 rings (SSSR count). The van der Waals surface area contributed by atoms with Crippen molar-refractivity contribution in [1.82, 2.24) is 10.7 Å². The minimum atomic E-state index is -0.430. The lowest BCUT2D eigenvalue weighted by Crippen LogP contribution is -2.34. The number of hydrogen-bond donors (Lipinski definition) is 2. The van der Waals surface area contributed by atoms with Crippen LogP contribution in [0.2, 0.25) is 0 Å². The van der Waals surface area contributed by atoms with Crippen LogP contribution in [0.1, 0.15) is 15.9 Å². The van der Waals surface area contributed by atoms with Gasteiger partial charge >= 0.3 is 0 Å². The molecular weight excluding hydrogens is 366 g/mol. The van der Waals surface area contributed by atoms with Gasteiger partial charge in [-0.15, -0.1) is 11.8 Å². The number of rotatable bonds is 8. The Morgan fingerprint density at radius 3 is 2.41 bits per heavy atom. The largest absolute Gasteiger partial charge is 0.493 e. The maximum absolute atomic E-state index is 12.1. The van der Waals surface area contributed by atoms with Gasteiger partial charge in [0.1, 0.15) is 0 Å². The normalized spacial score (nSPS) is 10.5. The summed E-state index contributed by atoms with van der Waals surface area (Å²) in [6.07, 6.45) is 3.54. The maximum Gasteiger partial charge on any atom is 0.259 e. The summed E-state index contributed by atoms with van der Waals surface area (Å²) in [6, 6.07) is 12.5. The number of carbonyl (C=O) groups excluding carboxylic acids is 2. The van der Waals surface area contributed by atoms with Gasteiger partial charge in [0.05, 0.1) is 27.0 Å². The summed E-state index contributed by atoms with van der Waals surface area (Å²) in [5.41, 5.74) is 3.60. The molecule has 2 aromatic rings. The van der Waals surface area contributed by atoms with E-state index in [-0.39, 0.29) is 6.54 Å². The molecule has 0 aliphatic heterocycles. The molecule has 8 heteroatoms. The molecule has 0 atom stereocenters. The number of hydrogen-bond acceptors (Lipinski definition) is 6. The number of carbonyl (C=O) groups is 2. The Balaban J connectivity index is 1.83. The fraction of sp³-hybridized carbons (Fsp3) is 0.211. The van der Waals surface area contributed by atoms with Crippen LogP contribution in [0.5, 0.6) is 11.5 Å². The lowest BCUT2D eigenvalue weighted by atomic mass is 10.2. The van der Waals surface area contributed by atoms with Gasteiger partial charge in [-0.1, -0.05) is 12.1 Å². The molecule has 0 heterocycles. The highest BCUT2D eigenvalue weighted by Crippen LogP contribution is 2.27. The van der Waals surface area contributed by atoms with Crippen LogP contribution in [0.4, 0.5) is 0 Å². The zero-order valence-corrected chi connectivity index (χ0v) is 16.1. The minimum Gasteiger partial charge on any atom is -0.493 e. The lowest BCUT2D eigenvalue weighted by Gasteiger charge is -2.09. The van der Waals surface area contributed by atoms with E-state index in [1.165, 1.54) is 20.4 Å². The predicted octanol–water partition coefficient (Wildman–Crippen LogP) is 2.31. The van der Waals surface area contributed by atoms with Crippen molar-refractivity contribution in [1.29, 1.82) is 0 Å². The monoisotopic (exact) mass is 387 g/mol. The Morgan fingerprint density at radius 1 is 1.07 bits per heavy atom. The minimum absolute atomic E-state index is 0.198. The summed E-state index contributed by atoms with van der Waals surface area (Å²) in [5.74, 6) is 0.127. The fourth-order valence-corrected chi connectivity index (χ4v) is 2.56. The number of benzene rings is 2. The molecule has 0 unspecified atom stereocenters. The maximum atomic E-state index is 12.1. The average molecular weight is 387 g/mol. The van der Waals surface area contributed by atoms with Crippen molar-refractivity contribution in [3.05, 3.63) is 53.6 Å². The molecule has 0 radical (unpaired) electrons. The van der Waals surface area contributed by atoms with Crippen LogP contribution >= 0.6 is 11.8 Å². The molecule has 0 bridgehead atoms. The molecular formula is C19H21N3O4S. The average Bonchev–Trinajstić information content (AvgIpc) is 2.71. The van der Waals surface area contributed by atoms with Crippen molar-refractivity contribution < 1.29 is 19.1 Å². The molecule has 0 aliphatic rings. The SMILES string of the molecule is COc1ccc(C(=O)NCC(=O)NN=Cc2ccc(SC)cc2)cc1OC. The quantitative estimate of drug-likeness (QED) is 0.412. The summed E-state index contributed by atoms with van der Waals surface area (Å²) in [4.78, 5) is 25.1. The first-order chi connectivity index (χ1) is 13.1. The third-order valence-electron chi connectivity index (χ3n) is 3.57. The van der Waals surface area contributed by atoms with E-state index in [1.807, 2.05) is 30.5 Å². The Morgan fingerprint density at radius 2 is 1.78 bits per heavy atom. The van der Waals surface area contributed by atoms with E-state index in [0.29, 0.717) is 17.1 Å². The molecule has 0 aromatic heterocycles. The summed E-state index contributed by atoms with van der Waals surface area (Å²) in [7, 11) is 3.00. The number of amides is 2. The summed E-state index contributed by atoms with van der Waals surface area (Å²) >= 11 is 1.65. The third kappa shape index (κ3) is 6.03. The first kappa shape index (κ1) is 20.3. The van der Waals surface area contributed by atoms with Gasteiger partial charge in [0.2, 0.25) is 0 Å². The van der Waals surface area contributed by atoms with E-state index in [2.05, 4.69) is 15.8 Å². The second-order valence-electron chi connectivity index (χ2n) is 5.32. The van der Waals surface area contributed by atoms with Gasteiger partial charge in [0, 0.05) is 10.5 Å². The standard InChI is InChI=1S/C19H21N3O4S/c1-25-16-9-6-14(10-17(16)26-2)19(24)20-12-18(23)22-21-11-13-4-7-15(27-3)8-5-13/h4-11H,12H2,1-3H3,(H,20,24)(H,22,23). The van der Waals surface area contributed by atoms with Gasteiger partial charge in [-0.3, -0.25) is 9.59 Å². The van der Waals surface area contributed by atoms with Gasteiger partial charge in [0.15, 0.2) is 11.5 Å². The van der Waals surface area contributed by atoms with Crippen molar-refractivity contribution in [2.24, 2.45) is 5.10 Å². The van der Waals surface area contributed by atoms with Crippen LogP contribution in [0.3, 0.4) is 0 Å². The van der Waals surface area contributed by atoms with Crippen LogP contribution in [-0.4, -0.2) is 45.0 Å². The summed E-state index contributed by atoms with van der Waals surface area (Å²) < 4.78 is 10.3.